The fourth-order valence-electron chi connectivity index (χ4n) is 2.00. The van der Waals surface area contributed by atoms with Crippen molar-refractivity contribution in [1.29, 1.82) is 0 Å². The van der Waals surface area contributed by atoms with E-state index in [4.69, 9.17) is 14.3 Å². The predicted octanol–water partition coefficient (Wildman–Crippen LogP) is 1.64. The van der Waals surface area contributed by atoms with Gasteiger partial charge in [0.05, 0.1) is 12.9 Å². The van der Waals surface area contributed by atoms with E-state index in [9.17, 15) is 4.79 Å². The van der Waals surface area contributed by atoms with Crippen molar-refractivity contribution in [2.75, 3.05) is 13.2 Å². The average Bonchev–Trinajstić information content (AvgIpc) is 2.79. The minimum atomic E-state index is -0.979. The van der Waals surface area contributed by atoms with Crippen molar-refractivity contribution >= 4 is 5.97 Å². The molecule has 0 bridgehead atoms. The van der Waals surface area contributed by atoms with Gasteiger partial charge in [-0.2, -0.15) is 0 Å². The van der Waals surface area contributed by atoms with Gasteiger partial charge in [0.15, 0.2) is 0 Å². The van der Waals surface area contributed by atoms with Gasteiger partial charge in [0.2, 0.25) is 0 Å². The number of furan rings is 1. The normalized spacial score (nSPS) is 20.4. The maximum absolute atomic E-state index is 10.8. The van der Waals surface area contributed by atoms with E-state index in [1.165, 1.54) is 25.2 Å². The van der Waals surface area contributed by atoms with Crippen LogP contribution in [-0.2, 0) is 11.3 Å². The van der Waals surface area contributed by atoms with Crippen molar-refractivity contribution in [1.82, 2.24) is 5.32 Å². The Morgan fingerprint density at radius 1 is 1.59 bits per heavy atom. The zero-order chi connectivity index (χ0) is 12.1. The fraction of sp³-hybridized carbons (Fsp3) is 0.583. The number of nitrogens with one attached hydrogen (secondary N) is 1. The van der Waals surface area contributed by atoms with Crippen LogP contribution < -0.4 is 5.32 Å². The van der Waals surface area contributed by atoms with Crippen molar-refractivity contribution in [2.45, 2.75) is 31.9 Å². The first-order chi connectivity index (χ1) is 8.27. The number of hydrogen-bond acceptors (Lipinski definition) is 4. The van der Waals surface area contributed by atoms with Crippen LogP contribution >= 0.6 is 0 Å². The molecule has 1 fully saturated rings. The van der Waals surface area contributed by atoms with E-state index in [-0.39, 0.29) is 12.2 Å². The van der Waals surface area contributed by atoms with Crippen LogP contribution in [0.25, 0.3) is 0 Å². The standard InChI is InChI=1S/C12H17NO4/c14-12(15)10-4-6-17-11(10)8-16-7-9-3-1-2-5-13-9/h4,6,9,13H,1-3,5,7-8H2,(H,14,15). The Morgan fingerprint density at radius 2 is 2.47 bits per heavy atom. The third-order valence-electron chi connectivity index (χ3n) is 2.94. The van der Waals surface area contributed by atoms with Crippen LogP contribution in [0.2, 0.25) is 0 Å². The Morgan fingerprint density at radius 3 is 3.18 bits per heavy atom. The number of hydrogen-bond donors (Lipinski definition) is 2. The van der Waals surface area contributed by atoms with Gasteiger partial charge in [-0.3, -0.25) is 0 Å². The summed E-state index contributed by atoms with van der Waals surface area (Å²) in [5.41, 5.74) is 0.182. The highest BCUT2D eigenvalue weighted by Gasteiger charge is 2.15. The largest absolute Gasteiger partial charge is 0.478 e. The summed E-state index contributed by atoms with van der Waals surface area (Å²) in [7, 11) is 0. The molecule has 0 spiro atoms. The van der Waals surface area contributed by atoms with Gasteiger partial charge in [-0.05, 0) is 25.5 Å². The second-order valence-electron chi connectivity index (χ2n) is 4.22. The van der Waals surface area contributed by atoms with Crippen molar-refractivity contribution in [3.05, 3.63) is 23.7 Å². The summed E-state index contributed by atoms with van der Waals surface area (Å²) in [6.07, 6.45) is 4.94. The fourth-order valence-corrected chi connectivity index (χ4v) is 2.00. The molecule has 1 aliphatic rings. The van der Waals surface area contributed by atoms with Gasteiger partial charge in [0.1, 0.15) is 17.9 Å². The van der Waals surface area contributed by atoms with Crippen LogP contribution in [0, 0.1) is 0 Å². The summed E-state index contributed by atoms with van der Waals surface area (Å²) in [5.74, 6) is -0.596. The quantitative estimate of drug-likeness (QED) is 0.817. The molecule has 0 aromatic carbocycles. The average molecular weight is 239 g/mol. The topological polar surface area (TPSA) is 71.7 Å². The van der Waals surface area contributed by atoms with Gasteiger partial charge >= 0.3 is 5.97 Å². The second-order valence-corrected chi connectivity index (χ2v) is 4.22. The molecule has 1 aromatic heterocycles. The van der Waals surface area contributed by atoms with E-state index in [0.29, 0.717) is 18.4 Å². The molecule has 2 N–H and O–H groups in total. The molecule has 17 heavy (non-hydrogen) atoms. The number of carboxylic acid groups (broad SMARTS) is 1. The summed E-state index contributed by atoms with van der Waals surface area (Å²) >= 11 is 0. The summed E-state index contributed by atoms with van der Waals surface area (Å²) in [4.78, 5) is 10.8. The highest BCUT2D eigenvalue weighted by molar-refractivity contribution is 5.88. The smallest absolute Gasteiger partial charge is 0.339 e. The van der Waals surface area contributed by atoms with Crippen molar-refractivity contribution < 1.29 is 19.1 Å². The Labute approximate surface area is 99.8 Å². The lowest BCUT2D eigenvalue weighted by molar-refractivity contribution is 0.0657. The molecule has 94 valence electrons. The Hall–Kier alpha value is -1.33. The minimum Gasteiger partial charge on any atom is -0.478 e. The molecule has 0 aliphatic carbocycles. The van der Waals surface area contributed by atoms with Crippen LogP contribution in [0.15, 0.2) is 16.7 Å². The Bertz CT molecular complexity index is 368. The number of carbonyl (C=O) groups is 1. The monoisotopic (exact) mass is 239 g/mol. The van der Waals surface area contributed by atoms with E-state index in [2.05, 4.69) is 5.32 Å². The first-order valence-corrected chi connectivity index (χ1v) is 5.88. The Balaban J connectivity index is 1.77. The van der Waals surface area contributed by atoms with Gasteiger partial charge < -0.3 is 19.6 Å². The molecule has 1 atom stereocenters. The van der Waals surface area contributed by atoms with Crippen LogP contribution in [0.5, 0.6) is 0 Å². The number of ether oxygens (including phenoxy) is 1. The van der Waals surface area contributed by atoms with Crippen LogP contribution in [0.3, 0.4) is 0 Å². The first kappa shape index (κ1) is 12.1. The SMILES string of the molecule is O=C(O)c1ccoc1COCC1CCCCN1. The minimum absolute atomic E-state index is 0.182. The summed E-state index contributed by atoms with van der Waals surface area (Å²) in [6, 6.07) is 1.83. The van der Waals surface area contributed by atoms with Gasteiger partial charge in [-0.15, -0.1) is 0 Å². The maximum Gasteiger partial charge on any atom is 0.339 e. The van der Waals surface area contributed by atoms with Crippen molar-refractivity contribution in [3.63, 3.8) is 0 Å². The van der Waals surface area contributed by atoms with E-state index in [1.807, 2.05) is 0 Å². The molecule has 0 amide bonds. The Kier molecular flexibility index (Phi) is 4.17. The maximum atomic E-state index is 10.8. The molecular formula is C12H17NO4. The molecule has 2 heterocycles. The van der Waals surface area contributed by atoms with Gasteiger partial charge in [0, 0.05) is 6.04 Å². The van der Waals surface area contributed by atoms with Crippen molar-refractivity contribution in [3.8, 4) is 0 Å². The number of piperidine rings is 1. The van der Waals surface area contributed by atoms with Gasteiger partial charge in [-0.25, -0.2) is 4.79 Å². The number of aromatic carboxylic acids is 1. The predicted molar refractivity (Wildman–Crippen MR) is 61.0 cm³/mol. The van der Waals surface area contributed by atoms with Crippen molar-refractivity contribution in [2.24, 2.45) is 0 Å². The summed E-state index contributed by atoms with van der Waals surface area (Å²) in [5, 5.41) is 12.2. The zero-order valence-electron chi connectivity index (χ0n) is 9.65. The highest BCUT2D eigenvalue weighted by atomic mass is 16.5. The lowest BCUT2D eigenvalue weighted by Gasteiger charge is -2.22. The van der Waals surface area contributed by atoms with Crippen LogP contribution in [0.1, 0.15) is 35.4 Å². The molecule has 2 rings (SSSR count). The summed E-state index contributed by atoms with van der Waals surface area (Å²) in [6.45, 7) is 1.85. The molecule has 1 aromatic rings. The van der Waals surface area contributed by atoms with E-state index in [0.717, 1.165) is 13.0 Å². The molecule has 0 saturated carbocycles. The molecule has 1 aliphatic heterocycles. The second kappa shape index (κ2) is 5.84. The van der Waals surface area contributed by atoms with Crippen LogP contribution in [-0.4, -0.2) is 30.3 Å². The summed E-state index contributed by atoms with van der Waals surface area (Å²) < 4.78 is 10.6. The molecule has 1 saturated heterocycles. The van der Waals surface area contributed by atoms with E-state index in [1.54, 1.807) is 0 Å². The molecule has 5 heteroatoms. The number of rotatable bonds is 5. The first-order valence-electron chi connectivity index (χ1n) is 5.88. The lowest BCUT2D eigenvalue weighted by Crippen LogP contribution is -2.37. The molecule has 0 radical (unpaired) electrons. The van der Waals surface area contributed by atoms with Crippen LogP contribution in [0.4, 0.5) is 0 Å². The molecular weight excluding hydrogens is 222 g/mol. The highest BCUT2D eigenvalue weighted by Crippen LogP contribution is 2.13. The number of carboxylic acids is 1. The molecule has 1 unspecified atom stereocenters. The van der Waals surface area contributed by atoms with Gasteiger partial charge in [-0.1, -0.05) is 6.42 Å². The third kappa shape index (κ3) is 3.31. The molecule has 5 nitrogen and oxygen atoms in total. The lowest BCUT2D eigenvalue weighted by atomic mass is 10.1. The van der Waals surface area contributed by atoms with E-state index >= 15 is 0 Å². The third-order valence-corrected chi connectivity index (χ3v) is 2.94. The van der Waals surface area contributed by atoms with E-state index < -0.39 is 5.97 Å². The van der Waals surface area contributed by atoms with Gasteiger partial charge in [0.25, 0.3) is 0 Å². The zero-order valence-corrected chi connectivity index (χ0v) is 9.65.